The van der Waals surface area contributed by atoms with Crippen LogP contribution < -0.4 is 15.4 Å². The summed E-state index contributed by atoms with van der Waals surface area (Å²) >= 11 is 6.00. The highest BCUT2D eigenvalue weighted by Crippen LogP contribution is 2.23. The molecule has 8 nitrogen and oxygen atoms in total. The molecule has 1 saturated heterocycles. The number of hydrogen-bond donors (Lipinski definition) is 3. The average Bonchev–Trinajstić information content (AvgIpc) is 3.12. The lowest BCUT2D eigenvalue weighted by atomic mass is 10.2. The van der Waals surface area contributed by atoms with E-state index < -0.39 is 15.9 Å². The fourth-order valence-electron chi connectivity index (χ4n) is 2.46. The first-order valence-electron chi connectivity index (χ1n) is 8.29. The number of carbonyl (C=O) groups is 2. The van der Waals surface area contributed by atoms with Crippen molar-refractivity contribution in [3.8, 4) is 0 Å². The fourth-order valence-corrected chi connectivity index (χ4v) is 4.05. The standard InChI is InChI=1S/C16H22ClN3O5S/c1-2-18-15(21)10-19-16(22)11-5-6-13(17)14(8-11)26(23,24)20-9-12-4-3-7-25-12/h5-6,8,12,20H,2-4,7,9-10H2,1H3,(H,18,21)(H,19,22)/t12-/m0/s1. The molecule has 0 aromatic heterocycles. The number of hydrogen-bond acceptors (Lipinski definition) is 5. The van der Waals surface area contributed by atoms with Crippen molar-refractivity contribution in [1.82, 2.24) is 15.4 Å². The number of benzene rings is 1. The zero-order chi connectivity index (χ0) is 19.2. The second-order valence-electron chi connectivity index (χ2n) is 5.77. The van der Waals surface area contributed by atoms with E-state index in [2.05, 4.69) is 15.4 Å². The Balaban J connectivity index is 2.07. The fraction of sp³-hybridized carbons (Fsp3) is 0.500. The van der Waals surface area contributed by atoms with Crippen molar-refractivity contribution in [2.75, 3.05) is 26.2 Å². The largest absolute Gasteiger partial charge is 0.377 e. The quantitative estimate of drug-likeness (QED) is 0.590. The highest BCUT2D eigenvalue weighted by atomic mass is 35.5. The molecule has 2 rings (SSSR count). The minimum Gasteiger partial charge on any atom is -0.377 e. The molecular formula is C16H22ClN3O5S. The average molecular weight is 404 g/mol. The van der Waals surface area contributed by atoms with Gasteiger partial charge >= 0.3 is 0 Å². The van der Waals surface area contributed by atoms with Gasteiger partial charge in [0.1, 0.15) is 4.90 Å². The topological polar surface area (TPSA) is 114 Å². The number of carbonyl (C=O) groups excluding carboxylic acids is 2. The van der Waals surface area contributed by atoms with Gasteiger partial charge in [-0.25, -0.2) is 13.1 Å². The van der Waals surface area contributed by atoms with Crippen LogP contribution in [0.3, 0.4) is 0 Å². The molecule has 1 aromatic rings. The van der Waals surface area contributed by atoms with E-state index in [9.17, 15) is 18.0 Å². The molecule has 144 valence electrons. The zero-order valence-corrected chi connectivity index (χ0v) is 16.0. The lowest BCUT2D eigenvalue weighted by Crippen LogP contribution is -2.37. The van der Waals surface area contributed by atoms with Crippen LogP contribution in [0.1, 0.15) is 30.1 Å². The number of sulfonamides is 1. The van der Waals surface area contributed by atoms with Crippen LogP contribution in [0.15, 0.2) is 23.1 Å². The van der Waals surface area contributed by atoms with Gasteiger partial charge in [-0.15, -0.1) is 0 Å². The third-order valence-electron chi connectivity index (χ3n) is 3.79. The lowest BCUT2D eigenvalue weighted by molar-refractivity contribution is -0.120. The summed E-state index contributed by atoms with van der Waals surface area (Å²) in [5, 5.41) is 4.98. The normalized spacial score (nSPS) is 17.1. The van der Waals surface area contributed by atoms with Gasteiger partial charge in [0, 0.05) is 25.3 Å². The third kappa shape index (κ3) is 5.66. The Morgan fingerprint density at radius 3 is 2.73 bits per heavy atom. The Labute approximate surface area is 157 Å². The van der Waals surface area contributed by atoms with Crippen molar-refractivity contribution in [2.24, 2.45) is 0 Å². The highest BCUT2D eigenvalue weighted by molar-refractivity contribution is 7.89. The molecule has 0 aliphatic carbocycles. The van der Waals surface area contributed by atoms with E-state index in [1.54, 1.807) is 6.92 Å². The predicted octanol–water partition coefficient (Wildman–Crippen LogP) is 0.663. The summed E-state index contributed by atoms with van der Waals surface area (Å²) in [5.74, 6) is -0.899. The van der Waals surface area contributed by atoms with Gasteiger partial charge < -0.3 is 15.4 Å². The van der Waals surface area contributed by atoms with Gasteiger partial charge in [-0.1, -0.05) is 11.6 Å². The molecule has 1 aliphatic heterocycles. The van der Waals surface area contributed by atoms with E-state index >= 15 is 0 Å². The molecule has 26 heavy (non-hydrogen) atoms. The molecule has 1 atom stereocenters. The molecule has 1 heterocycles. The van der Waals surface area contributed by atoms with Crippen molar-refractivity contribution in [3.63, 3.8) is 0 Å². The summed E-state index contributed by atoms with van der Waals surface area (Å²) in [6.07, 6.45) is 1.53. The number of rotatable bonds is 8. The molecule has 1 aromatic carbocycles. The maximum absolute atomic E-state index is 12.5. The van der Waals surface area contributed by atoms with Crippen molar-refractivity contribution in [2.45, 2.75) is 30.8 Å². The molecule has 3 N–H and O–H groups in total. The molecule has 0 radical (unpaired) electrons. The molecular weight excluding hydrogens is 382 g/mol. The second kappa shape index (κ2) is 9.31. The summed E-state index contributed by atoms with van der Waals surface area (Å²) in [6, 6.07) is 3.92. The van der Waals surface area contributed by atoms with Crippen LogP contribution >= 0.6 is 11.6 Å². The molecule has 0 bridgehead atoms. The van der Waals surface area contributed by atoms with Gasteiger partial charge in [0.15, 0.2) is 0 Å². The van der Waals surface area contributed by atoms with Crippen LogP contribution in [0.25, 0.3) is 0 Å². The SMILES string of the molecule is CCNC(=O)CNC(=O)c1ccc(Cl)c(S(=O)(=O)NC[C@@H]2CCCO2)c1. The number of amides is 2. The van der Waals surface area contributed by atoms with Crippen LogP contribution in [-0.2, 0) is 19.6 Å². The Kier molecular flexibility index (Phi) is 7.39. The van der Waals surface area contributed by atoms with E-state index in [0.29, 0.717) is 13.2 Å². The zero-order valence-electron chi connectivity index (χ0n) is 14.4. The number of ether oxygens (including phenoxy) is 1. The predicted molar refractivity (Wildman–Crippen MR) is 96.6 cm³/mol. The van der Waals surface area contributed by atoms with Gasteiger partial charge in [0.2, 0.25) is 15.9 Å². The van der Waals surface area contributed by atoms with E-state index in [0.717, 1.165) is 12.8 Å². The molecule has 10 heteroatoms. The van der Waals surface area contributed by atoms with Gasteiger partial charge in [0.05, 0.1) is 17.7 Å². The van der Waals surface area contributed by atoms with Crippen LogP contribution in [0.2, 0.25) is 5.02 Å². The minimum atomic E-state index is -3.90. The maximum Gasteiger partial charge on any atom is 0.251 e. The first-order chi connectivity index (χ1) is 12.3. The summed E-state index contributed by atoms with van der Waals surface area (Å²) in [4.78, 5) is 23.4. The van der Waals surface area contributed by atoms with Crippen LogP contribution in [0, 0.1) is 0 Å². The van der Waals surface area contributed by atoms with Crippen molar-refractivity contribution in [1.29, 1.82) is 0 Å². The van der Waals surface area contributed by atoms with E-state index in [1.807, 2.05) is 0 Å². The molecule has 0 unspecified atom stereocenters. The summed E-state index contributed by atoms with van der Waals surface area (Å²) < 4.78 is 32.8. The van der Waals surface area contributed by atoms with Crippen molar-refractivity contribution >= 4 is 33.4 Å². The van der Waals surface area contributed by atoms with E-state index in [4.69, 9.17) is 16.3 Å². The summed E-state index contributed by atoms with van der Waals surface area (Å²) in [6.45, 7) is 2.78. The molecule has 1 aliphatic rings. The number of likely N-dealkylation sites (N-methyl/N-ethyl adjacent to an activating group) is 1. The Morgan fingerprint density at radius 2 is 2.08 bits per heavy atom. The second-order valence-corrected chi connectivity index (χ2v) is 7.91. The Hall–Kier alpha value is -1.68. The van der Waals surface area contributed by atoms with E-state index in [1.165, 1.54) is 18.2 Å². The molecule has 0 spiro atoms. The lowest BCUT2D eigenvalue weighted by Gasteiger charge is -2.13. The minimum absolute atomic E-state index is 0.00474. The smallest absolute Gasteiger partial charge is 0.251 e. The van der Waals surface area contributed by atoms with Gasteiger partial charge in [-0.3, -0.25) is 9.59 Å². The van der Waals surface area contributed by atoms with Gasteiger partial charge in [0.25, 0.3) is 5.91 Å². The molecule has 2 amide bonds. The van der Waals surface area contributed by atoms with Gasteiger partial charge in [-0.2, -0.15) is 0 Å². The van der Waals surface area contributed by atoms with Gasteiger partial charge in [-0.05, 0) is 38.0 Å². The summed E-state index contributed by atoms with van der Waals surface area (Å²) in [7, 11) is -3.90. The van der Waals surface area contributed by atoms with Crippen molar-refractivity contribution < 1.29 is 22.7 Å². The van der Waals surface area contributed by atoms with Crippen molar-refractivity contribution in [3.05, 3.63) is 28.8 Å². The Morgan fingerprint density at radius 1 is 1.31 bits per heavy atom. The molecule has 0 saturated carbocycles. The van der Waals surface area contributed by atoms with Crippen LogP contribution in [-0.4, -0.2) is 52.6 Å². The maximum atomic E-state index is 12.5. The molecule has 1 fully saturated rings. The number of halogens is 1. The first-order valence-corrected chi connectivity index (χ1v) is 10.2. The third-order valence-corrected chi connectivity index (χ3v) is 5.70. The van der Waals surface area contributed by atoms with Crippen LogP contribution in [0.4, 0.5) is 0 Å². The summed E-state index contributed by atoms with van der Waals surface area (Å²) in [5.41, 5.74) is 0.0937. The number of nitrogens with one attached hydrogen (secondary N) is 3. The Bertz CT molecular complexity index is 763. The van der Waals surface area contributed by atoms with E-state index in [-0.39, 0.29) is 40.6 Å². The van der Waals surface area contributed by atoms with Crippen LogP contribution in [0.5, 0.6) is 0 Å². The monoisotopic (exact) mass is 403 g/mol. The first kappa shape index (κ1) is 20.6. The highest BCUT2D eigenvalue weighted by Gasteiger charge is 2.23.